The van der Waals surface area contributed by atoms with Gasteiger partial charge in [0, 0.05) is 29.1 Å². The second kappa shape index (κ2) is 5.39. The molecule has 108 valence electrons. The van der Waals surface area contributed by atoms with E-state index in [1.165, 1.54) is 0 Å². The Hall–Kier alpha value is -2.46. The summed E-state index contributed by atoms with van der Waals surface area (Å²) in [7, 11) is 0. The van der Waals surface area contributed by atoms with E-state index in [2.05, 4.69) is 22.3 Å². The fourth-order valence-electron chi connectivity index (χ4n) is 2.73. The lowest BCUT2D eigenvalue weighted by atomic mass is 9.99. The zero-order valence-electron chi connectivity index (χ0n) is 11.8. The number of hydrogen-bond acceptors (Lipinski definition) is 3. The monoisotopic (exact) mass is 308 g/mol. The van der Waals surface area contributed by atoms with Crippen LogP contribution in [0, 0.1) is 0 Å². The number of nitrogens with zero attached hydrogens (tertiary/aromatic N) is 4. The van der Waals surface area contributed by atoms with Gasteiger partial charge in [-0.25, -0.2) is 0 Å². The van der Waals surface area contributed by atoms with Crippen molar-refractivity contribution in [3.63, 3.8) is 0 Å². The first kappa shape index (κ1) is 13.2. The minimum atomic E-state index is 0.675. The third kappa shape index (κ3) is 2.22. The van der Waals surface area contributed by atoms with E-state index in [9.17, 15) is 0 Å². The Balaban J connectivity index is 1.98. The van der Waals surface area contributed by atoms with Gasteiger partial charge in [0.15, 0.2) is 0 Å². The number of hydrogen-bond donors (Lipinski definition) is 0. The molecule has 0 saturated carbocycles. The van der Waals surface area contributed by atoms with E-state index in [-0.39, 0.29) is 0 Å². The van der Waals surface area contributed by atoms with Gasteiger partial charge in [-0.3, -0.25) is 9.56 Å². The van der Waals surface area contributed by atoms with Crippen LogP contribution in [-0.2, 0) is 6.42 Å². The molecule has 2 heterocycles. The molecule has 1 aliphatic heterocycles. The van der Waals surface area contributed by atoms with E-state index in [1.54, 1.807) is 6.33 Å². The number of aromatic nitrogens is 3. The Labute approximate surface area is 133 Å². The lowest BCUT2D eigenvalue weighted by Gasteiger charge is -2.17. The van der Waals surface area contributed by atoms with Crippen LogP contribution in [0.4, 0.5) is 0 Å². The standard InChI is InChI=1S/C17H13ClN4/c18-13-6-7-15-14(10-13)17(12-4-2-1-3-5-12)19-9-8-16-21-20-11-22(15)16/h1-7,10-11H,8-9H2/b19-17-. The summed E-state index contributed by atoms with van der Waals surface area (Å²) in [6.07, 6.45) is 2.51. The highest BCUT2D eigenvalue weighted by molar-refractivity contribution is 6.31. The number of halogens is 1. The Morgan fingerprint density at radius 3 is 2.77 bits per heavy atom. The summed E-state index contributed by atoms with van der Waals surface area (Å²) in [6, 6.07) is 16.0. The molecule has 1 aromatic heterocycles. The second-order valence-corrected chi connectivity index (χ2v) is 5.56. The van der Waals surface area contributed by atoms with Gasteiger partial charge in [0.1, 0.15) is 12.2 Å². The molecule has 0 saturated heterocycles. The van der Waals surface area contributed by atoms with Crippen LogP contribution < -0.4 is 0 Å². The molecule has 0 atom stereocenters. The predicted molar refractivity (Wildman–Crippen MR) is 87.0 cm³/mol. The van der Waals surface area contributed by atoms with Gasteiger partial charge < -0.3 is 0 Å². The number of benzene rings is 2. The van der Waals surface area contributed by atoms with Crippen LogP contribution >= 0.6 is 11.6 Å². The van der Waals surface area contributed by atoms with Crippen molar-refractivity contribution in [3.05, 3.63) is 76.8 Å². The summed E-state index contributed by atoms with van der Waals surface area (Å²) in [6.45, 7) is 0.675. The topological polar surface area (TPSA) is 43.1 Å². The van der Waals surface area contributed by atoms with E-state index >= 15 is 0 Å². The first-order valence-corrected chi connectivity index (χ1v) is 7.50. The van der Waals surface area contributed by atoms with E-state index < -0.39 is 0 Å². The Kier molecular flexibility index (Phi) is 3.24. The van der Waals surface area contributed by atoms with Crippen molar-refractivity contribution in [2.45, 2.75) is 6.42 Å². The highest BCUT2D eigenvalue weighted by atomic mass is 35.5. The molecular weight excluding hydrogens is 296 g/mol. The van der Waals surface area contributed by atoms with Gasteiger partial charge in [0.25, 0.3) is 0 Å². The van der Waals surface area contributed by atoms with Crippen LogP contribution in [0.1, 0.15) is 17.0 Å². The molecule has 4 rings (SSSR count). The molecule has 0 amide bonds. The van der Waals surface area contributed by atoms with E-state index in [4.69, 9.17) is 16.6 Å². The van der Waals surface area contributed by atoms with Crippen molar-refractivity contribution in [1.29, 1.82) is 0 Å². The molecule has 4 nitrogen and oxygen atoms in total. The normalized spacial score (nSPS) is 16.0. The quantitative estimate of drug-likeness (QED) is 0.692. The first-order chi connectivity index (χ1) is 10.8. The molecule has 1 aliphatic rings. The van der Waals surface area contributed by atoms with Crippen molar-refractivity contribution in [3.8, 4) is 5.69 Å². The minimum Gasteiger partial charge on any atom is -0.285 e. The van der Waals surface area contributed by atoms with E-state index in [0.29, 0.717) is 11.6 Å². The third-order valence-electron chi connectivity index (χ3n) is 3.74. The molecule has 3 aromatic rings. The van der Waals surface area contributed by atoms with Gasteiger partial charge in [-0.1, -0.05) is 41.9 Å². The number of fused-ring (bicyclic) bond motifs is 3. The molecule has 0 fully saturated rings. The van der Waals surface area contributed by atoms with Crippen molar-refractivity contribution in [1.82, 2.24) is 14.8 Å². The summed E-state index contributed by atoms with van der Waals surface area (Å²) in [5, 5.41) is 8.92. The van der Waals surface area contributed by atoms with Crippen molar-refractivity contribution < 1.29 is 0 Å². The fraction of sp³-hybridized carbons (Fsp3) is 0.118. The molecule has 0 aliphatic carbocycles. The first-order valence-electron chi connectivity index (χ1n) is 7.12. The molecule has 22 heavy (non-hydrogen) atoms. The van der Waals surface area contributed by atoms with Gasteiger partial charge in [0.2, 0.25) is 0 Å². The van der Waals surface area contributed by atoms with Crippen LogP contribution in [0.5, 0.6) is 0 Å². The van der Waals surface area contributed by atoms with Crippen molar-refractivity contribution >= 4 is 17.3 Å². The fourth-order valence-corrected chi connectivity index (χ4v) is 2.91. The van der Waals surface area contributed by atoms with E-state index in [0.717, 1.165) is 34.8 Å². The zero-order valence-corrected chi connectivity index (χ0v) is 12.5. The van der Waals surface area contributed by atoms with Crippen LogP contribution in [0.2, 0.25) is 5.02 Å². The molecule has 2 aromatic carbocycles. The molecule has 5 heteroatoms. The summed E-state index contributed by atoms with van der Waals surface area (Å²) >= 11 is 6.23. The average Bonchev–Trinajstić information content (AvgIpc) is 2.98. The second-order valence-electron chi connectivity index (χ2n) is 5.12. The molecular formula is C17H13ClN4. The summed E-state index contributed by atoms with van der Waals surface area (Å²) in [5.41, 5.74) is 4.05. The van der Waals surface area contributed by atoms with Crippen LogP contribution in [0.15, 0.2) is 59.9 Å². The van der Waals surface area contributed by atoms with Crippen LogP contribution in [0.25, 0.3) is 5.69 Å². The largest absolute Gasteiger partial charge is 0.285 e. The smallest absolute Gasteiger partial charge is 0.139 e. The highest BCUT2D eigenvalue weighted by Crippen LogP contribution is 2.25. The Bertz CT molecular complexity index is 852. The maximum atomic E-state index is 6.23. The van der Waals surface area contributed by atoms with Crippen molar-refractivity contribution in [2.75, 3.05) is 6.54 Å². The SMILES string of the molecule is Clc1ccc2c(c1)/C(c1ccccc1)=N\CCc1nncn1-2. The molecule has 0 N–H and O–H groups in total. The Morgan fingerprint density at radius 1 is 1.05 bits per heavy atom. The van der Waals surface area contributed by atoms with Gasteiger partial charge in [-0.05, 0) is 18.2 Å². The molecule has 0 radical (unpaired) electrons. The maximum Gasteiger partial charge on any atom is 0.139 e. The average molecular weight is 309 g/mol. The van der Waals surface area contributed by atoms with Crippen LogP contribution in [-0.4, -0.2) is 27.0 Å². The lowest BCUT2D eigenvalue weighted by Crippen LogP contribution is -2.15. The van der Waals surface area contributed by atoms with Gasteiger partial charge >= 0.3 is 0 Å². The van der Waals surface area contributed by atoms with Crippen LogP contribution in [0.3, 0.4) is 0 Å². The predicted octanol–water partition coefficient (Wildman–Crippen LogP) is 3.31. The highest BCUT2D eigenvalue weighted by Gasteiger charge is 2.18. The van der Waals surface area contributed by atoms with E-state index in [1.807, 2.05) is 41.0 Å². The lowest BCUT2D eigenvalue weighted by molar-refractivity contribution is 0.823. The number of rotatable bonds is 1. The summed E-state index contributed by atoms with van der Waals surface area (Å²) in [5.74, 6) is 0.916. The summed E-state index contributed by atoms with van der Waals surface area (Å²) in [4.78, 5) is 4.79. The Morgan fingerprint density at radius 2 is 1.91 bits per heavy atom. The van der Waals surface area contributed by atoms with Gasteiger partial charge in [-0.2, -0.15) is 0 Å². The van der Waals surface area contributed by atoms with Gasteiger partial charge in [-0.15, -0.1) is 10.2 Å². The molecule has 0 unspecified atom stereocenters. The number of aliphatic imine (C=N–C) groups is 1. The molecule has 0 bridgehead atoms. The van der Waals surface area contributed by atoms with Crippen molar-refractivity contribution in [2.24, 2.45) is 4.99 Å². The van der Waals surface area contributed by atoms with Gasteiger partial charge in [0.05, 0.1) is 11.4 Å². The summed E-state index contributed by atoms with van der Waals surface area (Å²) < 4.78 is 2.02. The molecule has 0 spiro atoms. The third-order valence-corrected chi connectivity index (χ3v) is 3.98. The maximum absolute atomic E-state index is 6.23. The zero-order chi connectivity index (χ0) is 14.9. The minimum absolute atomic E-state index is 0.675.